The largest absolute Gasteiger partial charge is 0.393 e. The molecule has 0 unspecified atom stereocenters. The van der Waals surface area contributed by atoms with Crippen molar-refractivity contribution in [2.24, 2.45) is 0 Å². The zero-order chi connectivity index (χ0) is 11.7. The van der Waals surface area contributed by atoms with E-state index in [2.05, 4.69) is 10.4 Å². The smallest absolute Gasteiger partial charge is 0.0976 e. The number of aromatic nitrogens is 2. The molecule has 2 heterocycles. The van der Waals surface area contributed by atoms with Crippen LogP contribution in [0.3, 0.4) is 0 Å². The molecule has 0 spiro atoms. The molecule has 0 saturated heterocycles. The van der Waals surface area contributed by atoms with Crippen molar-refractivity contribution >= 4 is 11.3 Å². The summed E-state index contributed by atoms with van der Waals surface area (Å²) >= 11 is 1.74. The lowest BCUT2D eigenvalue weighted by molar-refractivity contribution is 0.122. The molecule has 3 rings (SSSR count). The number of aliphatic hydroxyl groups is 1. The highest BCUT2D eigenvalue weighted by Gasteiger charge is 2.23. The van der Waals surface area contributed by atoms with Crippen molar-refractivity contribution in [2.45, 2.75) is 37.7 Å². The summed E-state index contributed by atoms with van der Waals surface area (Å²) in [5, 5.41) is 12.8. The molecule has 0 amide bonds. The van der Waals surface area contributed by atoms with Crippen molar-refractivity contribution in [3.05, 3.63) is 28.7 Å². The molecule has 90 valence electrons. The summed E-state index contributed by atoms with van der Waals surface area (Å²) in [5.74, 6) is 0.548. The summed E-state index contributed by atoms with van der Waals surface area (Å²) < 4.78 is 0. The Kier molecular flexibility index (Phi) is 2.99. The van der Waals surface area contributed by atoms with Crippen molar-refractivity contribution in [3.8, 4) is 11.4 Å². The van der Waals surface area contributed by atoms with Crippen LogP contribution < -0.4 is 0 Å². The molecule has 0 aromatic carbocycles. The summed E-state index contributed by atoms with van der Waals surface area (Å²) in [4.78, 5) is 7.89. The highest BCUT2D eigenvalue weighted by atomic mass is 32.1. The minimum Gasteiger partial charge on any atom is -0.393 e. The lowest BCUT2D eigenvalue weighted by Crippen LogP contribution is -2.16. The average molecular weight is 248 g/mol. The second-order valence-corrected chi connectivity index (χ2v) is 5.55. The molecule has 0 bridgehead atoms. The number of hydrogen-bond acceptors (Lipinski definition) is 3. The van der Waals surface area contributed by atoms with Crippen LogP contribution in [-0.2, 0) is 0 Å². The topological polar surface area (TPSA) is 48.9 Å². The third-order valence-electron chi connectivity index (χ3n) is 3.44. The van der Waals surface area contributed by atoms with E-state index in [0.29, 0.717) is 5.92 Å². The van der Waals surface area contributed by atoms with E-state index in [4.69, 9.17) is 4.98 Å². The van der Waals surface area contributed by atoms with Gasteiger partial charge in [-0.1, -0.05) is 0 Å². The first-order valence-corrected chi connectivity index (χ1v) is 6.98. The van der Waals surface area contributed by atoms with E-state index in [-0.39, 0.29) is 6.10 Å². The Hall–Kier alpha value is -1.13. The van der Waals surface area contributed by atoms with Gasteiger partial charge in [0.2, 0.25) is 0 Å². The minimum absolute atomic E-state index is 0.0888. The highest BCUT2D eigenvalue weighted by Crippen LogP contribution is 2.35. The predicted molar refractivity (Wildman–Crippen MR) is 69.1 cm³/mol. The quantitative estimate of drug-likeness (QED) is 0.857. The Morgan fingerprint density at radius 3 is 2.82 bits per heavy atom. The third kappa shape index (κ3) is 2.28. The van der Waals surface area contributed by atoms with Crippen molar-refractivity contribution < 1.29 is 5.11 Å². The van der Waals surface area contributed by atoms with Crippen LogP contribution in [0.2, 0.25) is 0 Å². The van der Waals surface area contributed by atoms with E-state index in [1.807, 2.05) is 18.3 Å². The van der Waals surface area contributed by atoms with Crippen molar-refractivity contribution in [1.29, 1.82) is 0 Å². The van der Waals surface area contributed by atoms with E-state index in [1.165, 1.54) is 5.01 Å². The van der Waals surface area contributed by atoms with Gasteiger partial charge in [0.1, 0.15) is 0 Å². The van der Waals surface area contributed by atoms with Gasteiger partial charge in [-0.15, -0.1) is 11.3 Å². The lowest BCUT2D eigenvalue weighted by Gasteiger charge is -2.23. The average Bonchev–Trinajstić information content (AvgIpc) is 3.00. The van der Waals surface area contributed by atoms with Crippen molar-refractivity contribution in [1.82, 2.24) is 9.97 Å². The molecule has 0 radical (unpaired) electrons. The molecule has 4 heteroatoms. The summed E-state index contributed by atoms with van der Waals surface area (Å²) in [7, 11) is 0. The molecule has 3 nitrogen and oxygen atoms in total. The van der Waals surface area contributed by atoms with Crippen molar-refractivity contribution in [3.63, 3.8) is 0 Å². The third-order valence-corrected chi connectivity index (χ3v) is 4.45. The zero-order valence-corrected chi connectivity index (χ0v) is 10.4. The number of aromatic amines is 1. The molecular formula is C13H16N2OS. The van der Waals surface area contributed by atoms with Crippen LogP contribution in [0.25, 0.3) is 11.4 Å². The van der Waals surface area contributed by atoms with E-state index >= 15 is 0 Å². The molecular weight excluding hydrogens is 232 g/mol. The van der Waals surface area contributed by atoms with Crippen LogP contribution in [0.15, 0.2) is 23.7 Å². The highest BCUT2D eigenvalue weighted by molar-refractivity contribution is 7.10. The lowest BCUT2D eigenvalue weighted by atomic mass is 9.88. The first kappa shape index (κ1) is 11.0. The zero-order valence-electron chi connectivity index (χ0n) is 9.60. The number of thiazole rings is 1. The maximum atomic E-state index is 9.51. The fraction of sp³-hybridized carbons (Fsp3) is 0.462. The number of hydrogen-bond donors (Lipinski definition) is 2. The van der Waals surface area contributed by atoms with Crippen LogP contribution in [-0.4, -0.2) is 21.2 Å². The van der Waals surface area contributed by atoms with E-state index in [0.717, 1.165) is 37.1 Å². The van der Waals surface area contributed by atoms with Gasteiger partial charge < -0.3 is 10.1 Å². The second kappa shape index (κ2) is 4.63. The van der Waals surface area contributed by atoms with E-state index in [1.54, 1.807) is 11.3 Å². The van der Waals surface area contributed by atoms with Gasteiger partial charge in [0.25, 0.3) is 0 Å². The molecule has 0 atom stereocenters. The normalized spacial score (nSPS) is 25.0. The van der Waals surface area contributed by atoms with Crippen LogP contribution >= 0.6 is 11.3 Å². The number of nitrogens with zero attached hydrogens (tertiary/aromatic N) is 1. The Morgan fingerprint density at radius 1 is 1.29 bits per heavy atom. The van der Waals surface area contributed by atoms with E-state index < -0.39 is 0 Å². The number of nitrogens with one attached hydrogen (secondary N) is 1. The van der Waals surface area contributed by atoms with Gasteiger partial charge in [-0.25, -0.2) is 4.98 Å². The molecule has 2 aromatic rings. The molecule has 0 aliphatic heterocycles. The van der Waals surface area contributed by atoms with Gasteiger partial charge in [0.05, 0.1) is 22.5 Å². The number of aliphatic hydroxyl groups excluding tert-OH is 1. The monoisotopic (exact) mass is 248 g/mol. The van der Waals surface area contributed by atoms with Gasteiger partial charge >= 0.3 is 0 Å². The van der Waals surface area contributed by atoms with Crippen LogP contribution in [0.1, 0.15) is 36.6 Å². The van der Waals surface area contributed by atoms with Gasteiger partial charge in [0, 0.05) is 17.5 Å². The predicted octanol–water partition coefficient (Wildman–Crippen LogP) is 3.16. The van der Waals surface area contributed by atoms with Crippen LogP contribution in [0.5, 0.6) is 0 Å². The second-order valence-electron chi connectivity index (χ2n) is 4.66. The van der Waals surface area contributed by atoms with Gasteiger partial charge in [-0.05, 0) is 37.8 Å². The van der Waals surface area contributed by atoms with Gasteiger partial charge in [0.15, 0.2) is 0 Å². The Morgan fingerprint density at radius 2 is 2.12 bits per heavy atom. The summed E-state index contributed by atoms with van der Waals surface area (Å²) in [6, 6.07) is 4.04. The molecule has 2 aromatic heterocycles. The first-order chi connectivity index (χ1) is 8.33. The van der Waals surface area contributed by atoms with Crippen molar-refractivity contribution in [2.75, 3.05) is 0 Å². The molecule has 1 aliphatic carbocycles. The van der Waals surface area contributed by atoms with Crippen LogP contribution in [0, 0.1) is 0 Å². The summed E-state index contributed by atoms with van der Waals surface area (Å²) in [6.07, 6.45) is 5.81. The fourth-order valence-corrected chi connectivity index (χ4v) is 3.40. The maximum absolute atomic E-state index is 9.51. The molecule has 17 heavy (non-hydrogen) atoms. The summed E-state index contributed by atoms with van der Waals surface area (Å²) in [6.45, 7) is 0. The van der Waals surface area contributed by atoms with E-state index in [9.17, 15) is 5.11 Å². The molecule has 2 N–H and O–H groups in total. The first-order valence-electron chi connectivity index (χ1n) is 6.10. The fourth-order valence-electron chi connectivity index (χ4n) is 2.41. The van der Waals surface area contributed by atoms with Crippen LogP contribution in [0.4, 0.5) is 0 Å². The van der Waals surface area contributed by atoms with Gasteiger partial charge in [-0.3, -0.25) is 0 Å². The minimum atomic E-state index is -0.0888. The standard InChI is InChI=1S/C13H16N2OS/c16-10-5-3-9(4-6-10)13-15-12(8-17-13)11-2-1-7-14-11/h1-2,7-10,14,16H,3-6H2. The molecule has 1 aliphatic rings. The number of H-pyrrole nitrogens is 1. The Balaban J connectivity index is 1.76. The summed E-state index contributed by atoms with van der Waals surface area (Å²) in [5.41, 5.74) is 2.13. The Labute approximate surface area is 105 Å². The molecule has 1 saturated carbocycles. The SMILES string of the molecule is OC1CCC(c2nc(-c3ccc[nH]3)cs2)CC1. The number of rotatable bonds is 2. The maximum Gasteiger partial charge on any atom is 0.0976 e. The van der Waals surface area contributed by atoms with Gasteiger partial charge in [-0.2, -0.15) is 0 Å². The Bertz CT molecular complexity index is 469. The molecule has 1 fully saturated rings.